The molecule has 0 saturated heterocycles. The van der Waals surface area contributed by atoms with E-state index in [1.807, 2.05) is 29.6 Å². The first-order valence-electron chi connectivity index (χ1n) is 6.57. The van der Waals surface area contributed by atoms with Crippen LogP contribution in [0.5, 0.6) is 0 Å². The van der Waals surface area contributed by atoms with Crippen LogP contribution in [-0.2, 0) is 0 Å². The molecule has 0 fully saturated rings. The van der Waals surface area contributed by atoms with Crippen LogP contribution in [0.25, 0.3) is 0 Å². The maximum atomic E-state index is 6.43. The van der Waals surface area contributed by atoms with Crippen LogP contribution in [0.15, 0.2) is 30.3 Å². The maximum Gasteiger partial charge on any atom is 0.0565 e. The quantitative estimate of drug-likeness (QED) is 0.548. The Hall–Kier alpha value is 0.230. The molecule has 0 bridgehead atoms. The molecule has 2 unspecified atom stereocenters. The first-order chi connectivity index (χ1) is 9.01. The van der Waals surface area contributed by atoms with E-state index in [0.29, 0.717) is 5.25 Å². The largest absolute Gasteiger partial charge is 0.319 e. The van der Waals surface area contributed by atoms with Gasteiger partial charge in [-0.3, -0.25) is 0 Å². The Balaban J connectivity index is 2.65. The highest BCUT2D eigenvalue weighted by molar-refractivity contribution is 8.00. The highest BCUT2D eigenvalue weighted by Gasteiger charge is 2.29. The second kappa shape index (κ2) is 8.50. The van der Waals surface area contributed by atoms with Crippen molar-refractivity contribution in [2.75, 3.05) is 17.8 Å². The van der Waals surface area contributed by atoms with Gasteiger partial charge in [-0.1, -0.05) is 44.2 Å². The summed E-state index contributed by atoms with van der Waals surface area (Å²) < 4.78 is 0. The van der Waals surface area contributed by atoms with Gasteiger partial charge in [-0.25, -0.2) is 0 Å². The van der Waals surface area contributed by atoms with E-state index in [2.05, 4.69) is 57.0 Å². The van der Waals surface area contributed by atoms with Crippen LogP contribution < -0.4 is 5.73 Å². The average molecular weight is 316 g/mol. The molecule has 0 radical (unpaired) electrons. The molecule has 0 aliphatic carbocycles. The number of hydrogen-bond donors (Lipinski definition) is 2. The van der Waals surface area contributed by atoms with E-state index in [1.54, 1.807) is 0 Å². The van der Waals surface area contributed by atoms with E-state index in [0.717, 1.165) is 17.9 Å². The van der Waals surface area contributed by atoms with Crippen molar-refractivity contribution in [2.45, 2.75) is 30.9 Å². The Kier molecular flexibility index (Phi) is 7.73. The molecule has 19 heavy (non-hydrogen) atoms. The summed E-state index contributed by atoms with van der Waals surface area (Å²) in [5.41, 5.74) is 7.90. The average Bonchev–Trinajstić information content (AvgIpc) is 2.43. The summed E-state index contributed by atoms with van der Waals surface area (Å²) in [4.78, 5) is 0. The van der Waals surface area contributed by atoms with Gasteiger partial charge in [-0.2, -0.15) is 24.4 Å². The second-order valence-corrected chi connectivity index (χ2v) is 8.07. The fourth-order valence-electron chi connectivity index (χ4n) is 1.76. The molecule has 0 aromatic heterocycles. The van der Waals surface area contributed by atoms with Crippen molar-refractivity contribution in [1.82, 2.24) is 0 Å². The molecule has 0 heterocycles. The van der Waals surface area contributed by atoms with E-state index in [1.165, 1.54) is 5.56 Å². The molecule has 108 valence electrons. The summed E-state index contributed by atoms with van der Waals surface area (Å²) in [6.07, 6.45) is 3.30. The number of thiol groups is 1. The minimum absolute atomic E-state index is 0.136. The molecule has 4 heteroatoms. The second-order valence-electron chi connectivity index (χ2n) is 5.37. The maximum absolute atomic E-state index is 6.43. The van der Waals surface area contributed by atoms with Gasteiger partial charge in [0.25, 0.3) is 0 Å². The van der Waals surface area contributed by atoms with Crippen LogP contribution in [0, 0.1) is 5.41 Å². The molecule has 0 spiro atoms. The van der Waals surface area contributed by atoms with Gasteiger partial charge in [0.2, 0.25) is 0 Å². The molecule has 2 atom stereocenters. The van der Waals surface area contributed by atoms with Crippen molar-refractivity contribution in [1.29, 1.82) is 0 Å². The summed E-state index contributed by atoms with van der Waals surface area (Å²) in [5.74, 6) is 1.99. The predicted octanol–water partition coefficient (Wildman–Crippen LogP) is 4.45. The molecule has 0 amide bonds. The lowest BCUT2D eigenvalue weighted by Gasteiger charge is -2.33. The van der Waals surface area contributed by atoms with E-state index in [4.69, 9.17) is 5.73 Å². The zero-order valence-corrected chi connectivity index (χ0v) is 14.5. The van der Waals surface area contributed by atoms with Crippen LogP contribution in [0.4, 0.5) is 0 Å². The number of nitrogens with two attached hydrogens (primary N) is 1. The van der Waals surface area contributed by atoms with Crippen molar-refractivity contribution in [3.8, 4) is 0 Å². The van der Waals surface area contributed by atoms with Crippen LogP contribution in [-0.4, -0.2) is 23.1 Å². The fourth-order valence-corrected chi connectivity index (χ4v) is 4.20. The number of rotatable bonds is 8. The predicted molar refractivity (Wildman–Crippen MR) is 95.4 cm³/mol. The van der Waals surface area contributed by atoms with Gasteiger partial charge in [0.05, 0.1) is 5.37 Å². The Bertz CT molecular complexity index is 354. The Labute approximate surface area is 131 Å². The lowest BCUT2D eigenvalue weighted by molar-refractivity contribution is 0.344. The zero-order valence-electron chi connectivity index (χ0n) is 12.0. The van der Waals surface area contributed by atoms with Gasteiger partial charge in [0.15, 0.2) is 0 Å². The molecule has 1 aromatic carbocycles. The summed E-state index contributed by atoms with van der Waals surface area (Å²) in [5, 5.41) is 0.505. The fraction of sp³-hybridized carbons (Fsp3) is 0.600. The molecular formula is C15H25NS3. The first-order valence-corrected chi connectivity index (χ1v) is 9.54. The summed E-state index contributed by atoms with van der Waals surface area (Å²) >= 11 is 8.22. The Morgan fingerprint density at radius 2 is 1.89 bits per heavy atom. The molecule has 0 aliphatic heterocycles. The number of benzene rings is 1. The third-order valence-electron chi connectivity index (χ3n) is 3.37. The van der Waals surface area contributed by atoms with Crippen LogP contribution in [0.2, 0.25) is 0 Å². The monoisotopic (exact) mass is 315 g/mol. The smallest absolute Gasteiger partial charge is 0.0565 e. The SMILES string of the molecule is CSCCC(C)(C)C(N)SC(CS)c1ccccc1. The topological polar surface area (TPSA) is 26.0 Å². The van der Waals surface area contributed by atoms with Crippen molar-refractivity contribution in [3.63, 3.8) is 0 Å². The molecule has 1 nitrogen and oxygen atoms in total. The van der Waals surface area contributed by atoms with E-state index < -0.39 is 0 Å². The van der Waals surface area contributed by atoms with Gasteiger partial charge >= 0.3 is 0 Å². The van der Waals surface area contributed by atoms with Crippen molar-refractivity contribution in [3.05, 3.63) is 35.9 Å². The minimum Gasteiger partial charge on any atom is -0.319 e. The zero-order chi connectivity index (χ0) is 14.3. The lowest BCUT2D eigenvalue weighted by atomic mass is 9.90. The molecule has 0 saturated carbocycles. The highest BCUT2D eigenvalue weighted by Crippen LogP contribution is 2.40. The van der Waals surface area contributed by atoms with Gasteiger partial charge in [-0.05, 0) is 29.4 Å². The van der Waals surface area contributed by atoms with E-state index >= 15 is 0 Å². The third-order valence-corrected chi connectivity index (χ3v) is 6.29. The Morgan fingerprint density at radius 3 is 2.42 bits per heavy atom. The standard InChI is InChI=1S/C15H25NS3/c1-15(2,9-10-18-3)14(16)19-13(11-17)12-7-5-4-6-8-12/h4-8,13-14,17H,9-11,16H2,1-3H3. The molecule has 0 aliphatic rings. The van der Waals surface area contributed by atoms with Crippen molar-refractivity contribution >= 4 is 36.2 Å². The van der Waals surface area contributed by atoms with Crippen molar-refractivity contribution < 1.29 is 0 Å². The minimum atomic E-state index is 0.136. The van der Waals surface area contributed by atoms with Gasteiger partial charge < -0.3 is 5.73 Å². The molecule has 1 rings (SSSR count). The van der Waals surface area contributed by atoms with Crippen LogP contribution in [0.3, 0.4) is 0 Å². The number of hydrogen-bond acceptors (Lipinski definition) is 4. The number of thioether (sulfide) groups is 2. The Morgan fingerprint density at radius 1 is 1.26 bits per heavy atom. The van der Waals surface area contributed by atoms with E-state index in [-0.39, 0.29) is 10.8 Å². The summed E-state index contributed by atoms with van der Waals surface area (Å²) in [6.45, 7) is 4.53. The van der Waals surface area contributed by atoms with E-state index in [9.17, 15) is 0 Å². The molecule has 1 aromatic rings. The summed E-state index contributed by atoms with van der Waals surface area (Å²) in [6, 6.07) is 10.5. The van der Waals surface area contributed by atoms with Gasteiger partial charge in [0.1, 0.15) is 0 Å². The third kappa shape index (κ3) is 5.62. The van der Waals surface area contributed by atoms with Gasteiger partial charge in [-0.15, -0.1) is 11.8 Å². The highest BCUT2D eigenvalue weighted by atomic mass is 32.2. The van der Waals surface area contributed by atoms with Crippen molar-refractivity contribution in [2.24, 2.45) is 11.1 Å². The van der Waals surface area contributed by atoms with Crippen LogP contribution >= 0.6 is 36.2 Å². The first kappa shape index (κ1) is 17.3. The molecule has 2 N–H and O–H groups in total. The normalized spacial score (nSPS) is 15.2. The lowest BCUT2D eigenvalue weighted by Crippen LogP contribution is -2.35. The van der Waals surface area contributed by atoms with Crippen LogP contribution in [0.1, 0.15) is 31.1 Å². The van der Waals surface area contributed by atoms with Gasteiger partial charge in [0, 0.05) is 11.0 Å². The summed E-state index contributed by atoms with van der Waals surface area (Å²) in [7, 11) is 0. The molecular weight excluding hydrogens is 290 g/mol.